The molecule has 1 fully saturated rings. The van der Waals surface area contributed by atoms with Gasteiger partial charge >= 0.3 is 18.2 Å². The van der Waals surface area contributed by atoms with Crippen LogP contribution < -0.4 is 15.4 Å². The van der Waals surface area contributed by atoms with Crippen molar-refractivity contribution >= 4 is 12.0 Å². The molecule has 0 aliphatic carbocycles. The Labute approximate surface area is 145 Å². The van der Waals surface area contributed by atoms with Crippen LogP contribution in [0.25, 0.3) is 0 Å². The molecule has 1 aliphatic heterocycles. The summed E-state index contributed by atoms with van der Waals surface area (Å²) in [5.74, 6) is -3.99. The van der Waals surface area contributed by atoms with Crippen LogP contribution in [0.3, 0.4) is 0 Å². The molecule has 0 spiro atoms. The molecule has 2 rings (SSSR count). The third kappa shape index (κ3) is 3.34. The third-order valence-corrected chi connectivity index (χ3v) is 3.91. The SMILES string of the molecule is CCOC(=O)[C@@H]1[C@@H](c2ccc(O)c(OC)c2)NC(=O)N[C@]1(O)C(F)(F)F. The van der Waals surface area contributed by atoms with Crippen LogP contribution >= 0.6 is 0 Å². The van der Waals surface area contributed by atoms with Gasteiger partial charge in [0.1, 0.15) is 5.92 Å². The average molecular weight is 378 g/mol. The smallest absolute Gasteiger partial charge is 0.437 e. The molecule has 4 N–H and O–H groups in total. The van der Waals surface area contributed by atoms with Crippen molar-refractivity contribution in [1.29, 1.82) is 0 Å². The van der Waals surface area contributed by atoms with Crippen molar-refractivity contribution in [1.82, 2.24) is 10.6 Å². The number of carbonyl (C=O) groups excluding carboxylic acids is 2. The second-order valence-electron chi connectivity index (χ2n) is 5.50. The first-order valence-electron chi connectivity index (χ1n) is 7.46. The van der Waals surface area contributed by atoms with Gasteiger partial charge in [-0.05, 0) is 24.6 Å². The second-order valence-corrected chi connectivity index (χ2v) is 5.50. The number of aromatic hydroxyl groups is 1. The minimum absolute atomic E-state index is 0.00442. The molecule has 0 aromatic heterocycles. The van der Waals surface area contributed by atoms with Gasteiger partial charge in [-0.3, -0.25) is 4.79 Å². The Hall–Kier alpha value is -2.69. The highest BCUT2D eigenvalue weighted by molar-refractivity contribution is 5.83. The van der Waals surface area contributed by atoms with Gasteiger partial charge in [-0.15, -0.1) is 0 Å². The van der Waals surface area contributed by atoms with E-state index in [0.29, 0.717) is 0 Å². The lowest BCUT2D eigenvalue weighted by molar-refractivity contribution is -0.294. The molecule has 11 heteroatoms. The zero-order valence-corrected chi connectivity index (χ0v) is 13.8. The van der Waals surface area contributed by atoms with Crippen LogP contribution in [0.4, 0.5) is 18.0 Å². The molecule has 0 bridgehead atoms. The van der Waals surface area contributed by atoms with Crippen LogP contribution in [0, 0.1) is 5.92 Å². The lowest BCUT2D eigenvalue weighted by Crippen LogP contribution is -2.73. The fourth-order valence-electron chi connectivity index (χ4n) is 2.70. The summed E-state index contributed by atoms with van der Waals surface area (Å²) in [7, 11) is 1.22. The number of ether oxygens (including phenoxy) is 2. The van der Waals surface area contributed by atoms with Crippen LogP contribution in [0.5, 0.6) is 11.5 Å². The Morgan fingerprint density at radius 1 is 1.38 bits per heavy atom. The van der Waals surface area contributed by atoms with E-state index in [4.69, 9.17) is 4.74 Å². The van der Waals surface area contributed by atoms with E-state index in [2.05, 4.69) is 10.1 Å². The summed E-state index contributed by atoms with van der Waals surface area (Å²) in [6.07, 6.45) is -5.36. The topological polar surface area (TPSA) is 117 Å². The van der Waals surface area contributed by atoms with Crippen molar-refractivity contribution in [2.75, 3.05) is 13.7 Å². The summed E-state index contributed by atoms with van der Waals surface area (Å²) in [4.78, 5) is 24.0. The van der Waals surface area contributed by atoms with E-state index >= 15 is 0 Å². The lowest BCUT2D eigenvalue weighted by Gasteiger charge is -2.44. The molecule has 0 saturated carbocycles. The number of esters is 1. The zero-order valence-electron chi connectivity index (χ0n) is 13.8. The molecule has 1 aromatic carbocycles. The molecular weight excluding hydrogens is 361 g/mol. The van der Waals surface area contributed by atoms with Crippen molar-refractivity contribution in [2.45, 2.75) is 24.9 Å². The summed E-state index contributed by atoms with van der Waals surface area (Å²) >= 11 is 0. The third-order valence-electron chi connectivity index (χ3n) is 3.91. The zero-order chi connectivity index (χ0) is 19.7. The second kappa shape index (κ2) is 6.90. The fourth-order valence-corrected chi connectivity index (χ4v) is 2.70. The van der Waals surface area contributed by atoms with Gasteiger partial charge in [-0.25, -0.2) is 4.79 Å². The first kappa shape index (κ1) is 19.6. The molecule has 1 saturated heterocycles. The molecule has 0 unspecified atom stereocenters. The maximum atomic E-state index is 13.5. The molecule has 8 nitrogen and oxygen atoms in total. The maximum Gasteiger partial charge on any atom is 0.437 e. The predicted octanol–water partition coefficient (Wildman–Crippen LogP) is 1.18. The minimum Gasteiger partial charge on any atom is -0.504 e. The number of hydrogen-bond acceptors (Lipinski definition) is 6. The van der Waals surface area contributed by atoms with Gasteiger partial charge in [0.15, 0.2) is 11.5 Å². The summed E-state index contributed by atoms with van der Waals surface area (Å²) in [6, 6.07) is 0.537. The Morgan fingerprint density at radius 2 is 2.04 bits per heavy atom. The maximum absolute atomic E-state index is 13.5. The molecule has 2 amide bonds. The van der Waals surface area contributed by atoms with Crippen molar-refractivity contribution in [2.24, 2.45) is 5.92 Å². The van der Waals surface area contributed by atoms with Crippen LogP contribution in [0.1, 0.15) is 18.5 Å². The molecule has 1 aliphatic rings. The van der Waals surface area contributed by atoms with E-state index in [-0.39, 0.29) is 23.7 Å². The number of methoxy groups -OCH3 is 1. The Morgan fingerprint density at radius 3 is 2.58 bits per heavy atom. The average Bonchev–Trinajstić information content (AvgIpc) is 2.53. The van der Waals surface area contributed by atoms with Gasteiger partial charge in [0.05, 0.1) is 19.8 Å². The Bertz CT molecular complexity index is 711. The van der Waals surface area contributed by atoms with E-state index in [1.807, 2.05) is 0 Å². The number of nitrogens with one attached hydrogen (secondary N) is 2. The number of phenolic OH excluding ortho intramolecular Hbond substituents is 1. The van der Waals surface area contributed by atoms with E-state index < -0.39 is 35.9 Å². The largest absolute Gasteiger partial charge is 0.504 e. The van der Waals surface area contributed by atoms with E-state index in [0.717, 1.165) is 12.1 Å². The van der Waals surface area contributed by atoms with Gasteiger partial charge in [-0.1, -0.05) is 6.07 Å². The highest BCUT2D eigenvalue weighted by atomic mass is 19.4. The number of urea groups is 1. The monoisotopic (exact) mass is 378 g/mol. The van der Waals surface area contributed by atoms with Crippen molar-refractivity contribution in [3.8, 4) is 11.5 Å². The van der Waals surface area contributed by atoms with Gasteiger partial charge < -0.3 is 30.3 Å². The number of amides is 2. The van der Waals surface area contributed by atoms with E-state index in [9.17, 15) is 33.0 Å². The van der Waals surface area contributed by atoms with Crippen LogP contribution in [-0.4, -0.2) is 47.8 Å². The van der Waals surface area contributed by atoms with Crippen LogP contribution in [0.2, 0.25) is 0 Å². The molecule has 1 aromatic rings. The van der Waals surface area contributed by atoms with Crippen molar-refractivity contribution in [3.63, 3.8) is 0 Å². The number of alkyl halides is 3. The van der Waals surface area contributed by atoms with Crippen LogP contribution in [-0.2, 0) is 9.53 Å². The van der Waals surface area contributed by atoms with Crippen molar-refractivity contribution in [3.05, 3.63) is 23.8 Å². The highest BCUT2D eigenvalue weighted by Crippen LogP contribution is 2.44. The molecule has 0 radical (unpaired) electrons. The molecular formula is C15H17F3N2O6. The Balaban J connectivity index is 2.60. The number of benzene rings is 1. The number of hydrogen-bond donors (Lipinski definition) is 4. The van der Waals surface area contributed by atoms with Crippen molar-refractivity contribution < 1.29 is 42.4 Å². The quantitative estimate of drug-likeness (QED) is 0.585. The standard InChI is InChI=1S/C15H17F3N2O6/c1-3-26-12(22)10-11(7-4-5-8(21)9(6-7)25-2)19-13(23)20-14(10,24)15(16,17)18/h4-6,10-11,21,24H,3H2,1-2H3,(H2,19,20,23)/t10-,11+,14+/m0/s1. The Kier molecular flexibility index (Phi) is 5.21. The summed E-state index contributed by atoms with van der Waals surface area (Å²) < 4.78 is 50.0. The number of carbonyl (C=O) groups is 2. The first-order valence-corrected chi connectivity index (χ1v) is 7.46. The molecule has 1 heterocycles. The normalized spacial score (nSPS) is 25.8. The van der Waals surface area contributed by atoms with E-state index in [1.54, 1.807) is 0 Å². The lowest BCUT2D eigenvalue weighted by atomic mass is 9.82. The van der Waals surface area contributed by atoms with Gasteiger partial charge in [0, 0.05) is 0 Å². The van der Waals surface area contributed by atoms with Gasteiger partial charge in [0.25, 0.3) is 5.72 Å². The first-order chi connectivity index (χ1) is 12.0. The summed E-state index contributed by atoms with van der Waals surface area (Å²) in [5, 5.41) is 23.3. The van der Waals surface area contributed by atoms with E-state index in [1.165, 1.54) is 25.4 Å². The fraction of sp³-hybridized carbons (Fsp3) is 0.467. The summed E-state index contributed by atoms with van der Waals surface area (Å²) in [6.45, 7) is 1.15. The number of rotatable bonds is 4. The molecule has 3 atom stereocenters. The van der Waals surface area contributed by atoms with Gasteiger partial charge in [0.2, 0.25) is 0 Å². The van der Waals surface area contributed by atoms with Gasteiger partial charge in [-0.2, -0.15) is 13.2 Å². The number of aliphatic hydroxyl groups is 1. The molecule has 144 valence electrons. The predicted molar refractivity (Wildman–Crippen MR) is 80.2 cm³/mol. The minimum atomic E-state index is -5.36. The number of phenols is 1. The number of halogens is 3. The molecule has 26 heavy (non-hydrogen) atoms. The summed E-state index contributed by atoms with van der Waals surface area (Å²) in [5.41, 5.74) is -3.85. The van der Waals surface area contributed by atoms with Crippen LogP contribution in [0.15, 0.2) is 18.2 Å². The highest BCUT2D eigenvalue weighted by Gasteiger charge is 2.67.